The van der Waals surface area contributed by atoms with Gasteiger partial charge in [-0.05, 0) is 49.7 Å². The fourth-order valence-electron chi connectivity index (χ4n) is 4.19. The highest BCUT2D eigenvalue weighted by Crippen LogP contribution is 2.32. The predicted octanol–water partition coefficient (Wildman–Crippen LogP) is 4.06. The number of benzene rings is 1. The van der Waals surface area contributed by atoms with Crippen molar-refractivity contribution in [3.63, 3.8) is 0 Å². The van der Waals surface area contributed by atoms with Gasteiger partial charge in [-0.2, -0.15) is 22.7 Å². The molecule has 0 unspecified atom stereocenters. The Kier molecular flexibility index (Phi) is 5.26. The number of anilines is 1. The molecule has 1 aromatic carbocycles. The second kappa shape index (κ2) is 8.15. The monoisotopic (exact) mass is 470 g/mol. The molecule has 0 saturated carbocycles. The molecule has 5 rings (SSSR count). The lowest BCUT2D eigenvalue weighted by Gasteiger charge is -2.41. The number of carbonyl (C=O) groups is 1. The Bertz CT molecular complexity index is 1350. The number of piperazine rings is 1. The number of hydrogen-bond donors (Lipinski definition) is 0. The molecule has 1 aliphatic rings. The molecule has 4 heterocycles. The molecular formula is C23H21F3N6O2. The van der Waals surface area contributed by atoms with Crippen LogP contribution < -0.4 is 4.90 Å². The summed E-state index contributed by atoms with van der Waals surface area (Å²) in [7, 11) is 0. The van der Waals surface area contributed by atoms with Crippen LogP contribution in [0.2, 0.25) is 0 Å². The van der Waals surface area contributed by atoms with E-state index in [1.54, 1.807) is 11.0 Å². The summed E-state index contributed by atoms with van der Waals surface area (Å²) in [5, 5.41) is 3.88. The van der Waals surface area contributed by atoms with Gasteiger partial charge in [-0.25, -0.2) is 4.98 Å². The highest BCUT2D eigenvalue weighted by molar-refractivity contribution is 5.91. The number of aryl methyl sites for hydroxylation is 1. The lowest BCUT2D eigenvalue weighted by atomic mass is 10.1. The molecule has 4 aromatic rings. The number of nitrogens with zero attached hydrogens (tertiary/aromatic N) is 6. The van der Waals surface area contributed by atoms with Crippen LogP contribution in [0.15, 0.2) is 53.1 Å². The average molecular weight is 470 g/mol. The molecule has 8 nitrogen and oxygen atoms in total. The van der Waals surface area contributed by atoms with Crippen LogP contribution in [-0.2, 0) is 6.18 Å². The molecule has 0 spiro atoms. The Morgan fingerprint density at radius 1 is 1.12 bits per heavy atom. The van der Waals surface area contributed by atoms with Crippen LogP contribution in [0, 0.1) is 6.92 Å². The van der Waals surface area contributed by atoms with Crippen LogP contribution in [0.3, 0.4) is 0 Å². The van der Waals surface area contributed by atoms with Crippen LogP contribution >= 0.6 is 0 Å². The third kappa shape index (κ3) is 3.97. The zero-order valence-corrected chi connectivity index (χ0v) is 18.5. The van der Waals surface area contributed by atoms with Crippen molar-refractivity contribution in [2.24, 2.45) is 0 Å². The molecule has 0 bridgehead atoms. The van der Waals surface area contributed by atoms with Gasteiger partial charge in [-0.1, -0.05) is 12.1 Å². The first kappa shape index (κ1) is 21.9. The molecule has 34 heavy (non-hydrogen) atoms. The van der Waals surface area contributed by atoms with Gasteiger partial charge in [0.2, 0.25) is 5.82 Å². The molecule has 11 heteroatoms. The van der Waals surface area contributed by atoms with Crippen LogP contribution in [0.25, 0.3) is 17.2 Å². The third-order valence-corrected chi connectivity index (χ3v) is 5.82. The van der Waals surface area contributed by atoms with E-state index >= 15 is 0 Å². The molecule has 176 valence electrons. The van der Waals surface area contributed by atoms with E-state index in [2.05, 4.69) is 26.0 Å². The fraction of sp³-hybridized carbons (Fsp3) is 0.304. The van der Waals surface area contributed by atoms with E-state index in [9.17, 15) is 18.0 Å². The predicted molar refractivity (Wildman–Crippen MR) is 117 cm³/mol. The lowest BCUT2D eigenvalue weighted by Crippen LogP contribution is -2.54. The molecule has 1 amide bonds. The summed E-state index contributed by atoms with van der Waals surface area (Å²) in [6.07, 6.45) is -3.39. The number of fused-ring (bicyclic) bond motifs is 1. The van der Waals surface area contributed by atoms with Gasteiger partial charge in [0.15, 0.2) is 11.5 Å². The van der Waals surface area contributed by atoms with E-state index in [-0.39, 0.29) is 29.1 Å². The molecule has 0 radical (unpaired) electrons. The van der Waals surface area contributed by atoms with E-state index < -0.39 is 17.8 Å². The van der Waals surface area contributed by atoms with Crippen LogP contribution in [0.4, 0.5) is 18.9 Å². The van der Waals surface area contributed by atoms with Crippen molar-refractivity contribution in [1.82, 2.24) is 24.5 Å². The number of halogens is 3. The summed E-state index contributed by atoms with van der Waals surface area (Å²) in [5.74, 6) is -1.03. The number of furan rings is 1. The second-order valence-corrected chi connectivity index (χ2v) is 8.28. The molecule has 1 saturated heterocycles. The van der Waals surface area contributed by atoms with Gasteiger partial charge in [-0.15, -0.1) is 5.10 Å². The largest absolute Gasteiger partial charge is 0.463 e. The summed E-state index contributed by atoms with van der Waals surface area (Å²) < 4.78 is 47.0. The number of amides is 1. The Labute approximate surface area is 192 Å². The lowest BCUT2D eigenvalue weighted by molar-refractivity contribution is -0.142. The smallest absolute Gasteiger partial charge is 0.433 e. The maximum absolute atomic E-state index is 13.7. The summed E-state index contributed by atoms with van der Waals surface area (Å²) in [6.45, 7) is 5.38. The Morgan fingerprint density at radius 3 is 2.62 bits per heavy atom. The van der Waals surface area contributed by atoms with Gasteiger partial charge in [0.05, 0.1) is 6.26 Å². The second-order valence-electron chi connectivity index (χ2n) is 8.28. The highest BCUT2D eigenvalue weighted by Gasteiger charge is 2.37. The van der Waals surface area contributed by atoms with Crippen molar-refractivity contribution < 1.29 is 22.4 Å². The maximum atomic E-state index is 13.7. The average Bonchev–Trinajstić information content (AvgIpc) is 3.47. The molecule has 1 aliphatic heterocycles. The van der Waals surface area contributed by atoms with Crippen molar-refractivity contribution in [3.05, 3.63) is 65.8 Å². The van der Waals surface area contributed by atoms with Gasteiger partial charge in [0.25, 0.3) is 11.7 Å². The van der Waals surface area contributed by atoms with Gasteiger partial charge >= 0.3 is 6.18 Å². The first-order chi connectivity index (χ1) is 16.2. The summed E-state index contributed by atoms with van der Waals surface area (Å²) in [4.78, 5) is 25.1. The Hall–Kier alpha value is -3.89. The standard InChI is InChI=1S/C23H21F3N6O2/c1-14-5-3-6-16(11-14)31-9-8-30(13-15(31)2)21(33)20-28-22-27-17(18-7-4-10-34-18)12-19(23(24,25)26)32(22)29-20/h3-7,10-12,15H,8-9,13H2,1-2H3/t15-/m1/s1. The van der Waals surface area contributed by atoms with E-state index in [1.807, 2.05) is 32.0 Å². The summed E-state index contributed by atoms with van der Waals surface area (Å²) in [6, 6.07) is 12.0. The highest BCUT2D eigenvalue weighted by atomic mass is 19.4. The zero-order valence-electron chi connectivity index (χ0n) is 18.5. The number of alkyl halides is 3. The Balaban J connectivity index is 1.44. The van der Waals surface area contributed by atoms with Crippen LogP contribution in [0.1, 0.15) is 28.8 Å². The summed E-state index contributed by atoms with van der Waals surface area (Å²) >= 11 is 0. The number of aromatic nitrogens is 4. The van der Waals surface area contributed by atoms with Crippen molar-refractivity contribution in [1.29, 1.82) is 0 Å². The SMILES string of the molecule is Cc1cccc(N2CCN(C(=O)c3nc4nc(-c5ccco5)cc(C(F)(F)F)n4n3)C[C@H]2C)c1. The van der Waals surface area contributed by atoms with Crippen molar-refractivity contribution >= 4 is 17.4 Å². The van der Waals surface area contributed by atoms with Gasteiger partial charge < -0.3 is 14.2 Å². The first-order valence-electron chi connectivity index (χ1n) is 10.7. The van der Waals surface area contributed by atoms with Crippen molar-refractivity contribution in [3.8, 4) is 11.5 Å². The minimum atomic E-state index is -4.73. The van der Waals surface area contributed by atoms with Crippen LogP contribution in [-0.4, -0.2) is 56.1 Å². The van der Waals surface area contributed by atoms with Crippen LogP contribution in [0.5, 0.6) is 0 Å². The van der Waals surface area contributed by atoms with E-state index in [0.29, 0.717) is 24.1 Å². The van der Waals surface area contributed by atoms with E-state index in [4.69, 9.17) is 4.42 Å². The minimum absolute atomic E-state index is 0.00551. The van der Waals surface area contributed by atoms with Crippen molar-refractivity contribution in [2.75, 3.05) is 24.5 Å². The zero-order chi connectivity index (χ0) is 24.0. The Morgan fingerprint density at radius 2 is 1.94 bits per heavy atom. The van der Waals surface area contributed by atoms with E-state index in [0.717, 1.165) is 17.3 Å². The van der Waals surface area contributed by atoms with Gasteiger partial charge in [0, 0.05) is 31.4 Å². The summed E-state index contributed by atoms with van der Waals surface area (Å²) in [5.41, 5.74) is 1.07. The normalized spacial score (nSPS) is 16.9. The van der Waals surface area contributed by atoms with Crippen molar-refractivity contribution in [2.45, 2.75) is 26.1 Å². The van der Waals surface area contributed by atoms with E-state index in [1.165, 1.54) is 12.3 Å². The molecular weight excluding hydrogens is 449 g/mol. The number of carbonyl (C=O) groups excluding carboxylic acids is 1. The minimum Gasteiger partial charge on any atom is -0.463 e. The number of rotatable bonds is 3. The van der Waals surface area contributed by atoms with Gasteiger partial charge in [0.1, 0.15) is 5.69 Å². The molecule has 0 N–H and O–H groups in total. The third-order valence-electron chi connectivity index (χ3n) is 5.82. The molecule has 3 aromatic heterocycles. The molecule has 0 aliphatic carbocycles. The fourth-order valence-corrected chi connectivity index (χ4v) is 4.19. The number of hydrogen-bond acceptors (Lipinski definition) is 6. The molecule has 1 atom stereocenters. The topological polar surface area (TPSA) is 79.8 Å². The quantitative estimate of drug-likeness (QED) is 0.449. The molecule has 1 fully saturated rings. The first-order valence-corrected chi connectivity index (χ1v) is 10.7. The van der Waals surface area contributed by atoms with Gasteiger partial charge in [-0.3, -0.25) is 4.79 Å². The maximum Gasteiger partial charge on any atom is 0.433 e.